The van der Waals surface area contributed by atoms with E-state index in [1.54, 1.807) is 0 Å². The zero-order valence-corrected chi connectivity index (χ0v) is 12.4. The molecule has 0 bridgehead atoms. The van der Waals surface area contributed by atoms with Crippen LogP contribution >= 0.6 is 0 Å². The molecule has 0 atom stereocenters. The number of amides is 1. The number of hydrogen-bond donors (Lipinski definition) is 1. The lowest BCUT2D eigenvalue weighted by Gasteiger charge is -2.28. The Morgan fingerprint density at radius 3 is 2.27 bits per heavy atom. The molecule has 1 N–H and O–H groups in total. The summed E-state index contributed by atoms with van der Waals surface area (Å²) in [6.07, 6.45) is 6.42. The van der Waals surface area contributed by atoms with Crippen LogP contribution in [0.5, 0.6) is 0 Å². The first-order valence-corrected chi connectivity index (χ1v) is 7.57. The van der Waals surface area contributed by atoms with Gasteiger partial charge in [0.05, 0.1) is 5.56 Å². The van der Waals surface area contributed by atoms with Gasteiger partial charge in [-0.25, -0.2) is 0 Å². The van der Waals surface area contributed by atoms with Gasteiger partial charge in [-0.3, -0.25) is 4.79 Å². The molecule has 0 saturated carbocycles. The molecule has 1 aliphatic heterocycles. The lowest BCUT2D eigenvalue weighted by Crippen LogP contribution is -2.29. The highest BCUT2D eigenvalue weighted by Crippen LogP contribution is 2.22. The molecule has 22 heavy (non-hydrogen) atoms. The maximum absolute atomic E-state index is 12.1. The number of carbonyl (C=O) groups excluding carboxylic acids is 1. The number of benzene rings is 1. The summed E-state index contributed by atoms with van der Waals surface area (Å²) in [5, 5.41) is 13.8. The highest BCUT2D eigenvalue weighted by atomic mass is 16.5. The lowest BCUT2D eigenvalue weighted by molar-refractivity contribution is -0.605. The van der Waals surface area contributed by atoms with Gasteiger partial charge in [0.15, 0.2) is 12.4 Å². The third-order valence-corrected chi connectivity index (χ3v) is 3.91. The quantitative estimate of drug-likeness (QED) is 0.699. The number of hydrogen-bond acceptors (Lipinski definition) is 3. The van der Waals surface area contributed by atoms with E-state index < -0.39 is 0 Å². The van der Waals surface area contributed by atoms with Crippen LogP contribution in [0.2, 0.25) is 0 Å². The second-order valence-corrected chi connectivity index (χ2v) is 5.50. The Bertz CT molecular complexity index is 632. The molecule has 1 aromatic carbocycles. The normalized spacial score (nSPS) is 14.6. The molecule has 5 heteroatoms. The molecule has 0 aliphatic carbocycles. The molecule has 0 spiro atoms. The largest absolute Gasteiger partial charge is 0.619 e. The number of nitrogens with zero attached hydrogens (tertiary/aromatic N) is 2. The van der Waals surface area contributed by atoms with Crippen molar-refractivity contribution in [1.29, 1.82) is 0 Å². The Hall–Kier alpha value is -2.56. The monoisotopic (exact) mass is 297 g/mol. The molecule has 2 aromatic rings. The Labute approximate surface area is 129 Å². The minimum Gasteiger partial charge on any atom is -0.619 e. The fraction of sp³-hybridized carbons (Fsp3) is 0.294. The van der Waals surface area contributed by atoms with E-state index in [2.05, 4.69) is 10.2 Å². The summed E-state index contributed by atoms with van der Waals surface area (Å²) in [4.78, 5) is 14.5. The van der Waals surface area contributed by atoms with Crippen molar-refractivity contribution in [3.63, 3.8) is 0 Å². The molecule has 1 fully saturated rings. The van der Waals surface area contributed by atoms with Gasteiger partial charge in [0.2, 0.25) is 0 Å². The van der Waals surface area contributed by atoms with E-state index in [1.807, 2.05) is 24.3 Å². The van der Waals surface area contributed by atoms with Gasteiger partial charge < -0.3 is 15.4 Å². The molecule has 2 heterocycles. The molecule has 3 rings (SSSR count). The number of pyridine rings is 1. The third kappa shape index (κ3) is 3.36. The standard InChI is InChI=1S/C17H19N3O2/c21-17(14-8-12-20(22)13-9-14)18-15-4-6-16(7-5-15)19-10-2-1-3-11-19/h4-9,12-13H,1-3,10-11H2,(H,18,21). The van der Waals surface area contributed by atoms with Crippen molar-refractivity contribution in [2.75, 3.05) is 23.3 Å². The Morgan fingerprint density at radius 1 is 1.00 bits per heavy atom. The number of aromatic nitrogens is 1. The minimum atomic E-state index is -0.216. The minimum absolute atomic E-state index is 0.216. The number of carbonyl (C=O) groups is 1. The second-order valence-electron chi connectivity index (χ2n) is 5.50. The highest BCUT2D eigenvalue weighted by Gasteiger charge is 2.11. The molecular weight excluding hydrogens is 278 g/mol. The van der Waals surface area contributed by atoms with E-state index in [4.69, 9.17) is 0 Å². The molecule has 0 unspecified atom stereocenters. The van der Waals surface area contributed by atoms with E-state index in [0.29, 0.717) is 10.3 Å². The summed E-state index contributed by atoms with van der Waals surface area (Å²) in [7, 11) is 0. The summed E-state index contributed by atoms with van der Waals surface area (Å²) < 4.78 is 0.657. The van der Waals surface area contributed by atoms with Crippen LogP contribution in [0.4, 0.5) is 11.4 Å². The smallest absolute Gasteiger partial charge is 0.256 e. The van der Waals surface area contributed by atoms with E-state index in [1.165, 1.54) is 49.5 Å². The van der Waals surface area contributed by atoms with Crippen LogP contribution in [0, 0.1) is 5.21 Å². The molecule has 1 saturated heterocycles. The summed E-state index contributed by atoms with van der Waals surface area (Å²) in [5.41, 5.74) is 2.42. The van der Waals surface area contributed by atoms with E-state index in [0.717, 1.165) is 18.8 Å². The summed E-state index contributed by atoms with van der Waals surface area (Å²) in [6.45, 7) is 2.20. The van der Waals surface area contributed by atoms with Gasteiger partial charge >= 0.3 is 0 Å². The predicted molar refractivity (Wildman–Crippen MR) is 85.9 cm³/mol. The summed E-state index contributed by atoms with van der Waals surface area (Å²) >= 11 is 0. The van der Waals surface area contributed by atoms with Crippen LogP contribution in [-0.2, 0) is 0 Å². The van der Waals surface area contributed by atoms with Crippen LogP contribution in [0.1, 0.15) is 29.6 Å². The average molecular weight is 297 g/mol. The van der Waals surface area contributed by atoms with Crippen molar-refractivity contribution in [2.24, 2.45) is 0 Å². The molecule has 1 amide bonds. The maximum Gasteiger partial charge on any atom is 0.256 e. The number of piperidine rings is 1. The third-order valence-electron chi connectivity index (χ3n) is 3.91. The molecule has 1 aromatic heterocycles. The SMILES string of the molecule is O=C(Nc1ccc(N2CCCCC2)cc1)c1cc[n+]([O-])cc1. The fourth-order valence-corrected chi connectivity index (χ4v) is 2.68. The maximum atomic E-state index is 12.1. The number of rotatable bonds is 3. The van der Waals surface area contributed by atoms with Crippen molar-refractivity contribution in [3.05, 3.63) is 59.6 Å². The van der Waals surface area contributed by atoms with Gasteiger partial charge in [0, 0.05) is 36.6 Å². The first-order valence-electron chi connectivity index (χ1n) is 7.57. The van der Waals surface area contributed by atoms with Crippen molar-refractivity contribution in [2.45, 2.75) is 19.3 Å². The summed E-state index contributed by atoms with van der Waals surface area (Å²) in [6, 6.07) is 10.9. The van der Waals surface area contributed by atoms with Gasteiger partial charge in [-0.15, -0.1) is 0 Å². The Balaban J connectivity index is 1.65. The topological polar surface area (TPSA) is 59.3 Å². The van der Waals surface area contributed by atoms with Gasteiger partial charge in [-0.2, -0.15) is 4.73 Å². The highest BCUT2D eigenvalue weighted by molar-refractivity contribution is 6.04. The van der Waals surface area contributed by atoms with Crippen LogP contribution in [-0.4, -0.2) is 19.0 Å². The zero-order valence-electron chi connectivity index (χ0n) is 12.4. The van der Waals surface area contributed by atoms with Crippen LogP contribution in [0.3, 0.4) is 0 Å². The predicted octanol–water partition coefficient (Wildman–Crippen LogP) is 2.56. The first kappa shape index (κ1) is 14.4. The van der Waals surface area contributed by atoms with Crippen molar-refractivity contribution < 1.29 is 9.52 Å². The Morgan fingerprint density at radius 2 is 1.64 bits per heavy atom. The van der Waals surface area contributed by atoms with Crippen LogP contribution in [0.25, 0.3) is 0 Å². The van der Waals surface area contributed by atoms with E-state index >= 15 is 0 Å². The van der Waals surface area contributed by atoms with Gasteiger partial charge in [0.25, 0.3) is 5.91 Å². The Kier molecular flexibility index (Phi) is 4.23. The van der Waals surface area contributed by atoms with Crippen LogP contribution < -0.4 is 14.9 Å². The first-order chi connectivity index (χ1) is 10.7. The van der Waals surface area contributed by atoms with Gasteiger partial charge in [-0.1, -0.05) is 0 Å². The van der Waals surface area contributed by atoms with Crippen molar-refractivity contribution in [3.8, 4) is 0 Å². The average Bonchev–Trinajstić information content (AvgIpc) is 2.57. The number of anilines is 2. The lowest BCUT2D eigenvalue weighted by atomic mass is 10.1. The van der Waals surface area contributed by atoms with Gasteiger partial charge in [0.1, 0.15) is 0 Å². The van der Waals surface area contributed by atoms with Crippen molar-refractivity contribution in [1.82, 2.24) is 0 Å². The molecular formula is C17H19N3O2. The fourth-order valence-electron chi connectivity index (χ4n) is 2.68. The zero-order chi connectivity index (χ0) is 15.4. The van der Waals surface area contributed by atoms with E-state index in [9.17, 15) is 10.0 Å². The molecule has 114 valence electrons. The molecule has 1 aliphatic rings. The van der Waals surface area contributed by atoms with E-state index in [-0.39, 0.29) is 5.91 Å². The van der Waals surface area contributed by atoms with Crippen LogP contribution in [0.15, 0.2) is 48.8 Å². The van der Waals surface area contributed by atoms with Crippen molar-refractivity contribution >= 4 is 17.3 Å². The second kappa shape index (κ2) is 6.47. The summed E-state index contributed by atoms with van der Waals surface area (Å²) in [5.74, 6) is -0.216. The molecule has 0 radical (unpaired) electrons. The number of nitrogens with one attached hydrogen (secondary N) is 1. The van der Waals surface area contributed by atoms with Gasteiger partial charge in [-0.05, 0) is 43.5 Å². The molecule has 5 nitrogen and oxygen atoms in total.